The highest BCUT2D eigenvalue weighted by Crippen LogP contribution is 2.41. The van der Waals surface area contributed by atoms with Crippen molar-refractivity contribution in [1.82, 2.24) is 0 Å². The summed E-state index contributed by atoms with van der Waals surface area (Å²) < 4.78 is 11.4. The number of hydrogen-bond donors (Lipinski definition) is 2. The zero-order valence-corrected chi connectivity index (χ0v) is 15.8. The van der Waals surface area contributed by atoms with Gasteiger partial charge in [-0.3, -0.25) is 10.1 Å². The summed E-state index contributed by atoms with van der Waals surface area (Å²) in [7, 11) is 0. The van der Waals surface area contributed by atoms with Crippen molar-refractivity contribution >= 4 is 23.5 Å². The first-order valence-electron chi connectivity index (χ1n) is 8.58. The van der Waals surface area contributed by atoms with Gasteiger partial charge in [0.1, 0.15) is 18.3 Å². The third kappa shape index (κ3) is 4.90. The average Bonchev–Trinajstić information content (AvgIpc) is 2.93. The minimum absolute atomic E-state index is 0.0144. The van der Waals surface area contributed by atoms with E-state index in [1.54, 1.807) is 23.5 Å². The molecule has 7 nitrogen and oxygen atoms in total. The van der Waals surface area contributed by atoms with Crippen LogP contribution in [-0.2, 0) is 16.1 Å². The van der Waals surface area contributed by atoms with Crippen molar-refractivity contribution in [3.8, 4) is 0 Å². The molecule has 0 unspecified atom stereocenters. The molecule has 0 bridgehead atoms. The van der Waals surface area contributed by atoms with E-state index in [4.69, 9.17) is 9.47 Å². The Hall–Kier alpha value is -0.840. The molecule has 0 radical (unpaired) electrons. The fourth-order valence-electron chi connectivity index (χ4n) is 3.25. The highest BCUT2D eigenvalue weighted by Gasteiger charge is 2.51. The Morgan fingerprint density at radius 3 is 2.62 bits per heavy atom. The van der Waals surface area contributed by atoms with Crippen LogP contribution in [0.25, 0.3) is 0 Å². The van der Waals surface area contributed by atoms with Gasteiger partial charge in [0.15, 0.2) is 6.29 Å². The van der Waals surface area contributed by atoms with Crippen molar-refractivity contribution in [2.75, 3.05) is 18.1 Å². The predicted molar refractivity (Wildman–Crippen MR) is 101 cm³/mol. The molecule has 2 aliphatic heterocycles. The van der Waals surface area contributed by atoms with Gasteiger partial charge in [0, 0.05) is 4.92 Å². The van der Waals surface area contributed by atoms with Crippen LogP contribution in [0.3, 0.4) is 0 Å². The molecule has 2 fully saturated rings. The molecule has 3 rings (SSSR count). The Labute approximate surface area is 160 Å². The maximum absolute atomic E-state index is 11.2. The number of rotatable bonds is 7. The summed E-state index contributed by atoms with van der Waals surface area (Å²) in [4.78, 5) is 10.9. The normalized spacial score (nSPS) is 31.0. The molecule has 0 aliphatic carbocycles. The highest BCUT2D eigenvalue weighted by molar-refractivity contribution is 8.17. The fourth-order valence-corrected chi connectivity index (χ4v) is 6.46. The molecule has 0 amide bonds. The summed E-state index contributed by atoms with van der Waals surface area (Å²) in [6.07, 6.45) is -3.08. The van der Waals surface area contributed by atoms with E-state index in [0.29, 0.717) is 0 Å². The van der Waals surface area contributed by atoms with Gasteiger partial charge in [0.05, 0.1) is 17.1 Å². The number of aliphatic hydroxyl groups excluding tert-OH is 2. The van der Waals surface area contributed by atoms with Crippen LogP contribution in [0.5, 0.6) is 0 Å². The van der Waals surface area contributed by atoms with E-state index >= 15 is 0 Å². The second-order valence-electron chi connectivity index (χ2n) is 6.39. The Kier molecular flexibility index (Phi) is 7.19. The fraction of sp³-hybridized carbons (Fsp3) is 0.647. The number of benzene rings is 1. The van der Waals surface area contributed by atoms with Crippen molar-refractivity contribution in [3.63, 3.8) is 0 Å². The molecular weight excluding hydrogens is 378 g/mol. The van der Waals surface area contributed by atoms with Crippen molar-refractivity contribution < 1.29 is 24.6 Å². The SMILES string of the molecule is O=[N+]([O-])C[C@H](C1SCCCS1)[C@H]1O[C@H](O)[C@H](O)[C@H]1OCc1ccccc1. The molecule has 9 heteroatoms. The van der Waals surface area contributed by atoms with E-state index in [9.17, 15) is 20.3 Å². The monoisotopic (exact) mass is 401 g/mol. The second-order valence-corrected chi connectivity index (χ2v) is 9.18. The smallest absolute Gasteiger partial charge is 0.211 e. The quantitative estimate of drug-likeness (QED) is 0.526. The van der Waals surface area contributed by atoms with Crippen molar-refractivity contribution in [2.24, 2.45) is 5.92 Å². The van der Waals surface area contributed by atoms with Crippen LogP contribution < -0.4 is 0 Å². The van der Waals surface area contributed by atoms with Crippen LogP contribution in [0.2, 0.25) is 0 Å². The first-order chi connectivity index (χ1) is 12.6. The first-order valence-corrected chi connectivity index (χ1v) is 10.7. The summed E-state index contributed by atoms with van der Waals surface area (Å²) in [5.74, 6) is 1.44. The Balaban J connectivity index is 1.74. The van der Waals surface area contributed by atoms with Crippen LogP contribution in [0.4, 0.5) is 0 Å². The van der Waals surface area contributed by atoms with Gasteiger partial charge >= 0.3 is 0 Å². The topological polar surface area (TPSA) is 102 Å². The summed E-state index contributed by atoms with van der Waals surface area (Å²) in [6, 6.07) is 9.47. The van der Waals surface area contributed by atoms with Crippen LogP contribution in [0, 0.1) is 16.0 Å². The standard InChI is InChI=1S/C17H23NO6S2/c19-13-15(23-10-11-5-2-1-3-6-11)14(24-16(13)20)12(9-18(21)22)17-25-7-4-8-26-17/h1-3,5-6,12-17,19-20H,4,7-10H2/t12-,13+,14+,15+,16-/m0/s1. The third-order valence-corrected chi connectivity index (χ3v) is 7.74. The highest BCUT2D eigenvalue weighted by atomic mass is 32.2. The predicted octanol–water partition coefficient (Wildman–Crippen LogP) is 1.74. The van der Waals surface area contributed by atoms with Gasteiger partial charge in [-0.15, -0.1) is 23.5 Å². The van der Waals surface area contributed by atoms with E-state index in [-0.39, 0.29) is 22.7 Å². The number of aliphatic hydroxyl groups is 2. The number of nitro groups is 1. The molecule has 144 valence electrons. The van der Waals surface area contributed by atoms with Crippen LogP contribution >= 0.6 is 23.5 Å². The van der Waals surface area contributed by atoms with E-state index < -0.39 is 30.5 Å². The summed E-state index contributed by atoms with van der Waals surface area (Å²) in [5, 5.41) is 31.5. The molecular formula is C17H23NO6S2. The maximum atomic E-state index is 11.2. The van der Waals surface area contributed by atoms with Gasteiger partial charge in [0.25, 0.3) is 0 Å². The molecule has 0 saturated carbocycles. The average molecular weight is 402 g/mol. The zero-order valence-electron chi connectivity index (χ0n) is 14.2. The molecule has 26 heavy (non-hydrogen) atoms. The van der Waals surface area contributed by atoms with Gasteiger partial charge in [-0.25, -0.2) is 0 Å². The molecule has 0 aromatic heterocycles. The molecule has 2 saturated heterocycles. The summed E-state index contributed by atoms with van der Waals surface area (Å²) in [6.45, 7) is -0.0365. The number of nitrogens with zero attached hydrogens (tertiary/aromatic N) is 1. The van der Waals surface area contributed by atoms with Crippen molar-refractivity contribution in [2.45, 2.75) is 42.2 Å². The van der Waals surface area contributed by atoms with Crippen molar-refractivity contribution in [3.05, 3.63) is 46.0 Å². The first kappa shape index (κ1) is 19.9. The number of thioether (sulfide) groups is 2. The minimum atomic E-state index is -1.39. The molecule has 2 heterocycles. The summed E-state index contributed by atoms with van der Waals surface area (Å²) in [5.41, 5.74) is 0.923. The lowest BCUT2D eigenvalue weighted by atomic mass is 9.98. The molecule has 2 aliphatic rings. The largest absolute Gasteiger partial charge is 0.385 e. The van der Waals surface area contributed by atoms with Gasteiger partial charge in [0.2, 0.25) is 6.54 Å². The minimum Gasteiger partial charge on any atom is -0.385 e. The van der Waals surface area contributed by atoms with Gasteiger partial charge in [-0.05, 0) is 23.5 Å². The maximum Gasteiger partial charge on any atom is 0.211 e. The Bertz CT molecular complexity index is 586. The van der Waals surface area contributed by atoms with E-state index in [1.165, 1.54) is 0 Å². The van der Waals surface area contributed by atoms with Crippen molar-refractivity contribution in [1.29, 1.82) is 0 Å². The van der Waals surface area contributed by atoms with E-state index in [2.05, 4.69) is 0 Å². The lowest BCUT2D eigenvalue weighted by Crippen LogP contribution is -2.44. The molecule has 5 atom stereocenters. The third-order valence-electron chi connectivity index (χ3n) is 4.52. The number of ether oxygens (including phenoxy) is 2. The zero-order chi connectivity index (χ0) is 18.5. The molecule has 1 aromatic carbocycles. The van der Waals surface area contributed by atoms with Crippen LogP contribution in [0.1, 0.15) is 12.0 Å². The molecule has 1 aromatic rings. The Morgan fingerprint density at radius 2 is 1.96 bits per heavy atom. The van der Waals surface area contributed by atoms with E-state index in [0.717, 1.165) is 23.5 Å². The lowest BCUT2D eigenvalue weighted by molar-refractivity contribution is -0.490. The second kappa shape index (κ2) is 9.38. The Morgan fingerprint density at radius 1 is 1.27 bits per heavy atom. The van der Waals surface area contributed by atoms with Gasteiger partial charge in [-0.2, -0.15) is 0 Å². The van der Waals surface area contributed by atoms with Gasteiger partial charge in [-0.1, -0.05) is 30.3 Å². The molecule has 0 spiro atoms. The lowest BCUT2D eigenvalue weighted by Gasteiger charge is -2.32. The van der Waals surface area contributed by atoms with E-state index in [1.807, 2.05) is 30.3 Å². The van der Waals surface area contributed by atoms with Crippen LogP contribution in [0.15, 0.2) is 30.3 Å². The van der Waals surface area contributed by atoms with Gasteiger partial charge < -0.3 is 19.7 Å². The number of hydrogen-bond acceptors (Lipinski definition) is 8. The summed E-state index contributed by atoms with van der Waals surface area (Å²) >= 11 is 3.36. The van der Waals surface area contributed by atoms with Crippen LogP contribution in [-0.4, -0.2) is 62.4 Å². The molecule has 2 N–H and O–H groups in total.